The minimum Gasteiger partial charge on any atom is -0.519 e. The predicted molar refractivity (Wildman–Crippen MR) is 106 cm³/mol. The van der Waals surface area contributed by atoms with E-state index in [0.29, 0.717) is 30.6 Å². The molecule has 0 unspecified atom stereocenters. The van der Waals surface area contributed by atoms with E-state index in [9.17, 15) is 4.79 Å². The van der Waals surface area contributed by atoms with Gasteiger partial charge in [-0.25, -0.2) is 0 Å². The zero-order valence-corrected chi connectivity index (χ0v) is 18.1. The zero-order valence-electron chi connectivity index (χ0n) is 17.1. The summed E-state index contributed by atoms with van der Waals surface area (Å²) in [5.74, 6) is 1.94. The Labute approximate surface area is 151 Å². The normalized spacial score (nSPS) is 12.4. The van der Waals surface area contributed by atoms with Crippen LogP contribution in [0.3, 0.4) is 0 Å². The highest BCUT2D eigenvalue weighted by Gasteiger charge is 2.38. The van der Waals surface area contributed by atoms with E-state index in [2.05, 4.69) is 41.5 Å². The van der Waals surface area contributed by atoms with Crippen molar-refractivity contribution in [2.24, 2.45) is 17.8 Å². The van der Waals surface area contributed by atoms with Gasteiger partial charge in [0.1, 0.15) is 0 Å². The number of carbonyl (C=O) groups is 1. The molecule has 0 saturated carbocycles. The SMILES string of the molecule is CC(C)CC[Si](CCC(C)C)(CCC(C)C)OC(=O)CCCCO. The van der Waals surface area contributed by atoms with Crippen LogP contribution >= 0.6 is 0 Å². The monoisotopic (exact) mass is 358 g/mol. The van der Waals surface area contributed by atoms with Crippen LogP contribution in [0.4, 0.5) is 0 Å². The molecule has 0 aliphatic carbocycles. The minimum absolute atomic E-state index is 0.0219. The fourth-order valence-corrected chi connectivity index (χ4v) is 7.81. The van der Waals surface area contributed by atoms with Crippen molar-refractivity contribution in [1.82, 2.24) is 0 Å². The second kappa shape index (κ2) is 12.9. The summed E-state index contributed by atoms with van der Waals surface area (Å²) in [4.78, 5) is 12.4. The van der Waals surface area contributed by atoms with Crippen molar-refractivity contribution in [1.29, 1.82) is 0 Å². The van der Waals surface area contributed by atoms with Crippen LogP contribution in [-0.2, 0) is 9.22 Å². The first-order chi connectivity index (χ1) is 11.2. The van der Waals surface area contributed by atoms with Gasteiger partial charge in [0.15, 0.2) is 0 Å². The molecular formula is C20H42O3Si. The average Bonchev–Trinajstić information content (AvgIpc) is 2.48. The minimum atomic E-state index is -2.02. The van der Waals surface area contributed by atoms with Gasteiger partial charge < -0.3 is 9.53 Å². The second-order valence-corrected chi connectivity index (χ2v) is 12.7. The van der Waals surface area contributed by atoms with Gasteiger partial charge in [0.25, 0.3) is 14.3 Å². The summed E-state index contributed by atoms with van der Waals surface area (Å²) >= 11 is 0. The van der Waals surface area contributed by atoms with Crippen molar-refractivity contribution in [3.8, 4) is 0 Å². The summed E-state index contributed by atoms with van der Waals surface area (Å²) in [6.45, 7) is 13.7. The van der Waals surface area contributed by atoms with E-state index in [1.165, 1.54) is 0 Å². The summed E-state index contributed by atoms with van der Waals surface area (Å²) in [6.07, 6.45) is 5.36. The fraction of sp³-hybridized carbons (Fsp3) is 0.950. The lowest BCUT2D eigenvalue weighted by Gasteiger charge is -2.33. The molecule has 0 aliphatic rings. The standard InChI is InChI=1S/C20H42O3Si/c1-17(2)10-14-24(15-11-18(3)4,16-12-19(5)6)23-20(22)9-7-8-13-21/h17-19,21H,7-16H2,1-6H3. The lowest BCUT2D eigenvalue weighted by Crippen LogP contribution is -2.41. The van der Waals surface area contributed by atoms with E-state index in [0.717, 1.165) is 43.8 Å². The maximum absolute atomic E-state index is 12.4. The third kappa shape index (κ3) is 12.1. The third-order valence-electron chi connectivity index (χ3n) is 4.65. The van der Waals surface area contributed by atoms with Gasteiger partial charge in [-0.1, -0.05) is 60.8 Å². The van der Waals surface area contributed by atoms with E-state index in [1.807, 2.05) is 0 Å². The number of carbonyl (C=O) groups excluding carboxylic acids is 1. The molecule has 0 aliphatic heterocycles. The van der Waals surface area contributed by atoms with Crippen molar-refractivity contribution in [2.75, 3.05) is 6.61 Å². The molecule has 4 heteroatoms. The summed E-state index contributed by atoms with van der Waals surface area (Å²) in [7, 11) is -2.02. The number of hydrogen-bond acceptors (Lipinski definition) is 3. The first kappa shape index (κ1) is 23.6. The van der Waals surface area contributed by atoms with Crippen LogP contribution < -0.4 is 0 Å². The molecule has 0 aromatic heterocycles. The Balaban J connectivity index is 5.00. The number of hydrogen-bond donors (Lipinski definition) is 1. The molecule has 0 amide bonds. The Morgan fingerprint density at radius 3 is 1.58 bits per heavy atom. The van der Waals surface area contributed by atoms with Crippen LogP contribution in [0.2, 0.25) is 18.1 Å². The summed E-state index contributed by atoms with van der Waals surface area (Å²) < 4.78 is 6.25. The van der Waals surface area contributed by atoms with Gasteiger partial charge in [-0.05, 0) is 48.7 Å². The smallest absolute Gasteiger partial charge is 0.292 e. The van der Waals surface area contributed by atoms with Gasteiger partial charge in [0, 0.05) is 13.0 Å². The van der Waals surface area contributed by atoms with E-state index in [-0.39, 0.29) is 12.6 Å². The fourth-order valence-electron chi connectivity index (χ4n) is 2.86. The molecule has 0 bridgehead atoms. The molecule has 0 atom stereocenters. The Hall–Kier alpha value is -0.353. The highest BCUT2D eigenvalue weighted by molar-refractivity contribution is 6.75. The Bertz CT molecular complexity index is 296. The topological polar surface area (TPSA) is 46.5 Å². The quantitative estimate of drug-likeness (QED) is 0.316. The van der Waals surface area contributed by atoms with E-state index in [4.69, 9.17) is 9.53 Å². The zero-order chi connectivity index (χ0) is 18.6. The maximum atomic E-state index is 12.4. The molecule has 0 aromatic rings. The molecule has 0 rings (SSSR count). The molecule has 24 heavy (non-hydrogen) atoms. The van der Waals surface area contributed by atoms with E-state index < -0.39 is 8.32 Å². The number of aliphatic hydroxyl groups excluding tert-OH is 1. The van der Waals surface area contributed by atoms with Crippen LogP contribution in [0.1, 0.15) is 80.1 Å². The van der Waals surface area contributed by atoms with Gasteiger partial charge >= 0.3 is 0 Å². The molecular weight excluding hydrogens is 316 g/mol. The number of rotatable bonds is 14. The lowest BCUT2D eigenvalue weighted by molar-refractivity contribution is -0.135. The van der Waals surface area contributed by atoms with Crippen molar-refractivity contribution in [3.63, 3.8) is 0 Å². The molecule has 3 nitrogen and oxygen atoms in total. The van der Waals surface area contributed by atoms with Crippen LogP contribution in [0.5, 0.6) is 0 Å². The Morgan fingerprint density at radius 1 is 0.833 bits per heavy atom. The largest absolute Gasteiger partial charge is 0.519 e. The molecule has 0 fully saturated rings. The highest BCUT2D eigenvalue weighted by atomic mass is 28.4. The molecule has 0 aromatic carbocycles. The second-order valence-electron chi connectivity index (χ2n) is 8.64. The average molecular weight is 359 g/mol. The summed E-state index contributed by atoms with van der Waals surface area (Å²) in [5.41, 5.74) is 0. The molecule has 144 valence electrons. The molecule has 1 N–H and O–H groups in total. The molecule has 0 saturated heterocycles. The predicted octanol–water partition coefficient (Wildman–Crippen LogP) is 5.78. The number of unbranched alkanes of at least 4 members (excludes halogenated alkanes) is 1. The summed E-state index contributed by atoms with van der Waals surface area (Å²) in [6, 6.07) is 3.32. The van der Waals surface area contributed by atoms with Crippen molar-refractivity contribution < 1.29 is 14.3 Å². The van der Waals surface area contributed by atoms with Gasteiger partial charge in [0.05, 0.1) is 0 Å². The van der Waals surface area contributed by atoms with Gasteiger partial charge in [-0.3, -0.25) is 4.79 Å². The first-order valence-corrected chi connectivity index (χ1v) is 12.6. The van der Waals surface area contributed by atoms with Gasteiger partial charge in [-0.15, -0.1) is 0 Å². The Kier molecular flexibility index (Phi) is 12.7. The molecule has 0 heterocycles. The van der Waals surface area contributed by atoms with Gasteiger partial charge in [0.2, 0.25) is 0 Å². The van der Waals surface area contributed by atoms with Gasteiger partial charge in [-0.2, -0.15) is 0 Å². The van der Waals surface area contributed by atoms with Crippen LogP contribution in [0, 0.1) is 17.8 Å². The first-order valence-electron chi connectivity index (χ1n) is 10.0. The van der Waals surface area contributed by atoms with E-state index in [1.54, 1.807) is 0 Å². The van der Waals surface area contributed by atoms with Crippen LogP contribution in [0.15, 0.2) is 0 Å². The maximum Gasteiger partial charge on any atom is 0.292 e. The molecule has 0 spiro atoms. The van der Waals surface area contributed by atoms with Crippen LogP contribution in [0.25, 0.3) is 0 Å². The van der Waals surface area contributed by atoms with Crippen molar-refractivity contribution in [3.05, 3.63) is 0 Å². The Morgan fingerprint density at radius 2 is 1.25 bits per heavy atom. The summed E-state index contributed by atoms with van der Waals surface area (Å²) in [5, 5.41) is 8.90. The number of aliphatic hydroxyl groups is 1. The molecule has 0 radical (unpaired) electrons. The van der Waals surface area contributed by atoms with Crippen molar-refractivity contribution in [2.45, 2.75) is 98.2 Å². The lowest BCUT2D eigenvalue weighted by atomic mass is 10.2. The highest BCUT2D eigenvalue weighted by Crippen LogP contribution is 2.32. The van der Waals surface area contributed by atoms with Crippen LogP contribution in [-0.4, -0.2) is 26.0 Å². The van der Waals surface area contributed by atoms with E-state index >= 15 is 0 Å². The third-order valence-corrected chi connectivity index (χ3v) is 8.91. The van der Waals surface area contributed by atoms with Crippen molar-refractivity contribution >= 4 is 14.3 Å².